The van der Waals surface area contributed by atoms with Crippen molar-refractivity contribution >= 4 is 5.82 Å². The largest absolute Gasteiger partial charge is 0.377 e. The topological polar surface area (TPSA) is 37.4 Å². The van der Waals surface area contributed by atoms with Crippen molar-refractivity contribution < 1.29 is 9.13 Å². The molecule has 0 amide bonds. The molecule has 0 radical (unpaired) electrons. The molecule has 0 saturated heterocycles. The van der Waals surface area contributed by atoms with Gasteiger partial charge in [-0.25, -0.2) is 9.37 Å². The first kappa shape index (κ1) is 16.9. The molecule has 1 N–H and O–H groups in total. The highest BCUT2D eigenvalue weighted by molar-refractivity contribution is 5.46. The number of nitrogens with one attached hydrogen (secondary N) is 1. The second-order valence-electron chi connectivity index (χ2n) is 5.51. The lowest BCUT2D eigenvalue weighted by Gasteiger charge is -2.22. The van der Waals surface area contributed by atoms with Gasteiger partial charge in [-0.3, -0.25) is 0 Å². The average molecular weight is 283 g/mol. The van der Waals surface area contributed by atoms with E-state index in [1.165, 1.54) is 12.3 Å². The molecule has 0 aliphatic heterocycles. The van der Waals surface area contributed by atoms with Gasteiger partial charge in [0.05, 0.1) is 18.9 Å². The molecule has 1 rings (SSSR count). The molecule has 114 valence electrons. The van der Waals surface area contributed by atoms with E-state index in [0.29, 0.717) is 19.2 Å². The van der Waals surface area contributed by atoms with Gasteiger partial charge in [0.25, 0.3) is 0 Å². The Labute approximate surface area is 121 Å². The van der Waals surface area contributed by atoms with Crippen LogP contribution in [0.3, 0.4) is 0 Å². The van der Waals surface area contributed by atoms with E-state index < -0.39 is 0 Å². The maximum Gasteiger partial charge on any atom is 0.141 e. The molecule has 4 nitrogen and oxygen atoms in total. The third kappa shape index (κ3) is 5.84. The van der Waals surface area contributed by atoms with Crippen LogP contribution in [0.5, 0.6) is 0 Å². The SMILES string of the molecule is CC(C)NCc1cc(F)cnc1N(C)CCOC(C)C. The number of rotatable bonds is 8. The van der Waals surface area contributed by atoms with Crippen LogP contribution < -0.4 is 10.2 Å². The van der Waals surface area contributed by atoms with E-state index in [4.69, 9.17) is 4.74 Å². The van der Waals surface area contributed by atoms with E-state index >= 15 is 0 Å². The Kier molecular flexibility index (Phi) is 6.88. The van der Waals surface area contributed by atoms with Crippen LogP contribution in [-0.2, 0) is 11.3 Å². The quantitative estimate of drug-likeness (QED) is 0.795. The molecule has 0 aliphatic carbocycles. The van der Waals surface area contributed by atoms with Crippen molar-refractivity contribution in [2.75, 3.05) is 25.1 Å². The van der Waals surface area contributed by atoms with Crippen molar-refractivity contribution in [2.45, 2.75) is 46.4 Å². The smallest absolute Gasteiger partial charge is 0.141 e. The van der Waals surface area contributed by atoms with Crippen LogP contribution in [0.1, 0.15) is 33.3 Å². The lowest BCUT2D eigenvalue weighted by atomic mass is 10.2. The van der Waals surface area contributed by atoms with Crippen molar-refractivity contribution in [3.63, 3.8) is 0 Å². The molecule has 1 aromatic rings. The lowest BCUT2D eigenvalue weighted by molar-refractivity contribution is 0.0845. The molecule has 1 heterocycles. The number of hydrogen-bond donors (Lipinski definition) is 1. The number of nitrogens with zero attached hydrogens (tertiary/aromatic N) is 2. The van der Waals surface area contributed by atoms with Gasteiger partial charge in [0, 0.05) is 31.7 Å². The van der Waals surface area contributed by atoms with Crippen LogP contribution in [-0.4, -0.2) is 37.3 Å². The number of hydrogen-bond acceptors (Lipinski definition) is 4. The Morgan fingerprint density at radius 3 is 2.65 bits per heavy atom. The van der Waals surface area contributed by atoms with Crippen molar-refractivity contribution in [1.82, 2.24) is 10.3 Å². The Balaban J connectivity index is 2.71. The van der Waals surface area contributed by atoms with Gasteiger partial charge in [0.2, 0.25) is 0 Å². The number of halogens is 1. The maximum absolute atomic E-state index is 13.4. The summed E-state index contributed by atoms with van der Waals surface area (Å²) in [7, 11) is 1.95. The predicted molar refractivity (Wildman–Crippen MR) is 80.5 cm³/mol. The minimum Gasteiger partial charge on any atom is -0.377 e. The summed E-state index contributed by atoms with van der Waals surface area (Å²) >= 11 is 0. The van der Waals surface area contributed by atoms with Gasteiger partial charge in [0.15, 0.2) is 0 Å². The maximum atomic E-state index is 13.4. The second-order valence-corrected chi connectivity index (χ2v) is 5.51. The standard InChI is InChI=1S/C15H26FN3O/c1-11(2)17-9-13-8-14(16)10-18-15(13)19(5)6-7-20-12(3)4/h8,10-12,17H,6-7,9H2,1-5H3. The first-order chi connectivity index (χ1) is 9.40. The highest BCUT2D eigenvalue weighted by Gasteiger charge is 2.11. The molecule has 0 atom stereocenters. The second kappa shape index (κ2) is 8.17. The Hall–Kier alpha value is -1.20. The van der Waals surface area contributed by atoms with E-state index in [1.54, 1.807) is 0 Å². The number of ether oxygens (including phenoxy) is 1. The van der Waals surface area contributed by atoms with Crippen LogP contribution in [0.15, 0.2) is 12.3 Å². The molecule has 0 unspecified atom stereocenters. The average Bonchev–Trinajstić information content (AvgIpc) is 2.35. The molecule has 0 spiro atoms. The fourth-order valence-corrected chi connectivity index (χ4v) is 1.79. The van der Waals surface area contributed by atoms with Gasteiger partial charge in [-0.2, -0.15) is 0 Å². The van der Waals surface area contributed by atoms with Crippen LogP contribution in [0.25, 0.3) is 0 Å². The monoisotopic (exact) mass is 283 g/mol. The summed E-state index contributed by atoms with van der Waals surface area (Å²) in [6.45, 7) is 10.1. The van der Waals surface area contributed by atoms with Crippen LogP contribution >= 0.6 is 0 Å². The minimum atomic E-state index is -0.305. The first-order valence-corrected chi connectivity index (χ1v) is 7.10. The van der Waals surface area contributed by atoms with E-state index in [9.17, 15) is 4.39 Å². The van der Waals surface area contributed by atoms with Crippen LogP contribution in [0.2, 0.25) is 0 Å². The molecule has 5 heteroatoms. The highest BCUT2D eigenvalue weighted by Crippen LogP contribution is 2.17. The fourth-order valence-electron chi connectivity index (χ4n) is 1.79. The Bertz CT molecular complexity index is 410. The van der Waals surface area contributed by atoms with Gasteiger partial charge >= 0.3 is 0 Å². The zero-order valence-electron chi connectivity index (χ0n) is 13.1. The first-order valence-electron chi connectivity index (χ1n) is 7.10. The van der Waals surface area contributed by atoms with Crippen molar-refractivity contribution in [1.29, 1.82) is 0 Å². The molecular weight excluding hydrogens is 257 g/mol. The van der Waals surface area contributed by atoms with Gasteiger partial charge in [-0.05, 0) is 19.9 Å². The predicted octanol–water partition coefficient (Wildman–Crippen LogP) is 2.58. The number of aromatic nitrogens is 1. The van der Waals surface area contributed by atoms with Gasteiger partial charge < -0.3 is 15.0 Å². The van der Waals surface area contributed by atoms with Crippen molar-refractivity contribution in [3.8, 4) is 0 Å². The molecule has 20 heavy (non-hydrogen) atoms. The Morgan fingerprint density at radius 2 is 2.05 bits per heavy atom. The van der Waals surface area contributed by atoms with Crippen molar-refractivity contribution in [2.24, 2.45) is 0 Å². The number of likely N-dealkylation sites (N-methyl/N-ethyl adjacent to an activating group) is 1. The van der Waals surface area contributed by atoms with Gasteiger partial charge in [-0.15, -0.1) is 0 Å². The zero-order valence-corrected chi connectivity index (χ0v) is 13.1. The molecular formula is C15H26FN3O. The number of anilines is 1. The fraction of sp³-hybridized carbons (Fsp3) is 0.667. The molecule has 0 aromatic carbocycles. The Morgan fingerprint density at radius 1 is 1.35 bits per heavy atom. The summed E-state index contributed by atoms with van der Waals surface area (Å²) in [6, 6.07) is 1.89. The van der Waals surface area contributed by atoms with Crippen LogP contribution in [0, 0.1) is 5.82 Å². The summed E-state index contributed by atoms with van der Waals surface area (Å²) in [5, 5.41) is 3.29. The lowest BCUT2D eigenvalue weighted by Crippen LogP contribution is -2.28. The molecule has 0 saturated carbocycles. The molecule has 0 aliphatic rings. The minimum absolute atomic E-state index is 0.214. The summed E-state index contributed by atoms with van der Waals surface area (Å²) in [5.41, 5.74) is 0.866. The van der Waals surface area contributed by atoms with E-state index in [-0.39, 0.29) is 11.9 Å². The van der Waals surface area contributed by atoms with E-state index in [2.05, 4.69) is 24.1 Å². The summed E-state index contributed by atoms with van der Waals surface area (Å²) in [4.78, 5) is 6.21. The third-order valence-corrected chi connectivity index (χ3v) is 2.85. The highest BCUT2D eigenvalue weighted by atomic mass is 19.1. The molecule has 0 fully saturated rings. The van der Waals surface area contributed by atoms with E-state index in [0.717, 1.165) is 17.9 Å². The van der Waals surface area contributed by atoms with E-state index in [1.807, 2.05) is 25.8 Å². The summed E-state index contributed by atoms with van der Waals surface area (Å²) in [5.74, 6) is 0.494. The molecule has 1 aromatic heterocycles. The third-order valence-electron chi connectivity index (χ3n) is 2.85. The normalized spacial score (nSPS) is 11.4. The number of pyridine rings is 1. The van der Waals surface area contributed by atoms with Crippen LogP contribution in [0.4, 0.5) is 10.2 Å². The summed E-state index contributed by atoms with van der Waals surface area (Å²) in [6.07, 6.45) is 1.47. The van der Waals surface area contributed by atoms with Crippen molar-refractivity contribution in [3.05, 3.63) is 23.6 Å². The van der Waals surface area contributed by atoms with Gasteiger partial charge in [-0.1, -0.05) is 13.8 Å². The van der Waals surface area contributed by atoms with Gasteiger partial charge in [0.1, 0.15) is 11.6 Å². The zero-order chi connectivity index (χ0) is 15.1. The molecule has 0 bridgehead atoms. The summed E-state index contributed by atoms with van der Waals surface area (Å²) < 4.78 is 18.9.